The molecular weight excluding hydrogens is 318 g/mol. The molecule has 0 aliphatic carbocycles. The molecule has 1 atom stereocenters. The van der Waals surface area contributed by atoms with E-state index in [4.69, 9.17) is 11.6 Å². The molecule has 0 spiro atoms. The van der Waals surface area contributed by atoms with E-state index in [0.29, 0.717) is 18.7 Å². The number of benzene rings is 1. The Balaban J connectivity index is 2.05. The van der Waals surface area contributed by atoms with E-state index in [2.05, 4.69) is 10.1 Å². The van der Waals surface area contributed by atoms with E-state index < -0.39 is 12.7 Å². The van der Waals surface area contributed by atoms with Crippen molar-refractivity contribution in [2.45, 2.75) is 32.4 Å². The second kappa shape index (κ2) is 6.91. The number of nitrogens with one attached hydrogen (secondary N) is 1. The van der Waals surface area contributed by atoms with Crippen molar-refractivity contribution in [3.05, 3.63) is 23.2 Å². The number of hydrogen-bond acceptors (Lipinski definition) is 3. The van der Waals surface area contributed by atoms with E-state index in [-0.39, 0.29) is 22.6 Å². The highest BCUT2D eigenvalue weighted by Gasteiger charge is 2.32. The van der Waals surface area contributed by atoms with Crippen LogP contribution in [-0.4, -0.2) is 35.9 Å². The van der Waals surface area contributed by atoms with Crippen LogP contribution in [0.3, 0.4) is 0 Å². The number of carbonyl (C=O) groups is 2. The summed E-state index contributed by atoms with van der Waals surface area (Å²) in [7, 11) is 0. The van der Waals surface area contributed by atoms with Crippen molar-refractivity contribution in [2.24, 2.45) is 0 Å². The van der Waals surface area contributed by atoms with E-state index in [9.17, 15) is 18.4 Å². The second-order valence-corrected chi connectivity index (χ2v) is 5.29. The lowest BCUT2D eigenvalue weighted by molar-refractivity contribution is -0.134. The topological polar surface area (TPSA) is 58.6 Å². The SMILES string of the molecule is CC(=O)N1CCC[C@H]1C(=O)Nc1ccc(OC(F)F)c(Cl)c1. The molecule has 2 rings (SSSR count). The minimum absolute atomic E-state index is 0.0343. The van der Waals surface area contributed by atoms with E-state index >= 15 is 0 Å². The van der Waals surface area contributed by atoms with Gasteiger partial charge in [-0.2, -0.15) is 8.78 Å². The molecule has 1 heterocycles. The van der Waals surface area contributed by atoms with Crippen molar-refractivity contribution >= 4 is 29.1 Å². The van der Waals surface area contributed by atoms with Crippen LogP contribution in [0.2, 0.25) is 5.02 Å². The molecule has 2 amide bonds. The van der Waals surface area contributed by atoms with Gasteiger partial charge in [0, 0.05) is 19.2 Å². The fourth-order valence-electron chi connectivity index (χ4n) is 2.41. The van der Waals surface area contributed by atoms with Crippen LogP contribution in [0.25, 0.3) is 0 Å². The van der Waals surface area contributed by atoms with Gasteiger partial charge in [-0.3, -0.25) is 9.59 Å². The summed E-state index contributed by atoms with van der Waals surface area (Å²) in [6.07, 6.45) is 1.35. The summed E-state index contributed by atoms with van der Waals surface area (Å²) in [5.41, 5.74) is 0.354. The zero-order valence-electron chi connectivity index (χ0n) is 11.8. The molecule has 0 bridgehead atoms. The number of ether oxygens (including phenoxy) is 1. The second-order valence-electron chi connectivity index (χ2n) is 4.88. The minimum atomic E-state index is -2.97. The molecule has 1 saturated heterocycles. The minimum Gasteiger partial charge on any atom is -0.433 e. The van der Waals surface area contributed by atoms with Crippen molar-refractivity contribution in [3.8, 4) is 5.75 Å². The summed E-state index contributed by atoms with van der Waals surface area (Å²) in [6.45, 7) is -1.01. The lowest BCUT2D eigenvalue weighted by atomic mass is 10.2. The molecule has 8 heteroatoms. The van der Waals surface area contributed by atoms with Crippen LogP contribution in [-0.2, 0) is 9.59 Å². The molecule has 1 aliphatic heterocycles. The van der Waals surface area contributed by atoms with E-state index in [1.54, 1.807) is 0 Å². The number of carbonyl (C=O) groups excluding carboxylic acids is 2. The quantitative estimate of drug-likeness (QED) is 0.922. The Bertz CT molecular complexity index is 583. The highest BCUT2D eigenvalue weighted by Crippen LogP contribution is 2.29. The normalized spacial score (nSPS) is 17.7. The van der Waals surface area contributed by atoms with E-state index in [1.807, 2.05) is 0 Å². The number of nitrogens with zero attached hydrogens (tertiary/aromatic N) is 1. The third-order valence-electron chi connectivity index (χ3n) is 3.38. The first kappa shape index (κ1) is 16.5. The Morgan fingerprint density at radius 1 is 1.45 bits per heavy atom. The molecule has 0 radical (unpaired) electrons. The van der Waals surface area contributed by atoms with Crippen LogP contribution in [0, 0.1) is 0 Å². The number of rotatable bonds is 4. The van der Waals surface area contributed by atoms with Crippen LogP contribution >= 0.6 is 11.6 Å². The molecule has 1 aromatic carbocycles. The molecule has 0 unspecified atom stereocenters. The van der Waals surface area contributed by atoms with Gasteiger partial charge in [0.1, 0.15) is 11.8 Å². The van der Waals surface area contributed by atoms with Gasteiger partial charge in [0.25, 0.3) is 0 Å². The van der Waals surface area contributed by atoms with Crippen LogP contribution in [0.5, 0.6) is 5.75 Å². The Labute approximate surface area is 131 Å². The predicted octanol–water partition coefficient (Wildman–Crippen LogP) is 2.89. The van der Waals surface area contributed by atoms with Gasteiger partial charge in [-0.05, 0) is 31.0 Å². The van der Waals surface area contributed by atoms with Gasteiger partial charge in [-0.25, -0.2) is 0 Å². The monoisotopic (exact) mass is 332 g/mol. The summed E-state index contributed by atoms with van der Waals surface area (Å²) < 4.78 is 28.5. The number of halogens is 3. The molecule has 0 aromatic heterocycles. The van der Waals surface area contributed by atoms with Crippen molar-refractivity contribution in [1.29, 1.82) is 0 Å². The fourth-order valence-corrected chi connectivity index (χ4v) is 2.64. The Morgan fingerprint density at radius 3 is 2.77 bits per heavy atom. The molecule has 1 aromatic rings. The zero-order valence-corrected chi connectivity index (χ0v) is 12.6. The molecule has 120 valence electrons. The van der Waals surface area contributed by atoms with Gasteiger partial charge in [-0.15, -0.1) is 0 Å². The zero-order chi connectivity index (χ0) is 16.3. The predicted molar refractivity (Wildman–Crippen MR) is 77.1 cm³/mol. The highest BCUT2D eigenvalue weighted by molar-refractivity contribution is 6.32. The number of alkyl halides is 2. The van der Waals surface area contributed by atoms with Crippen LogP contribution < -0.4 is 10.1 Å². The lowest BCUT2D eigenvalue weighted by Gasteiger charge is -2.22. The van der Waals surface area contributed by atoms with Crippen molar-refractivity contribution < 1.29 is 23.1 Å². The van der Waals surface area contributed by atoms with Gasteiger partial charge >= 0.3 is 6.61 Å². The first-order chi connectivity index (χ1) is 10.4. The van der Waals surface area contributed by atoms with Gasteiger partial charge in [0.05, 0.1) is 5.02 Å². The molecule has 0 saturated carbocycles. The van der Waals surface area contributed by atoms with Crippen LogP contribution in [0.4, 0.5) is 14.5 Å². The van der Waals surface area contributed by atoms with Gasteiger partial charge in [0.2, 0.25) is 11.8 Å². The number of amides is 2. The number of likely N-dealkylation sites (tertiary alicyclic amines) is 1. The smallest absolute Gasteiger partial charge is 0.387 e. The summed E-state index contributed by atoms with van der Waals surface area (Å²) in [4.78, 5) is 25.2. The maximum Gasteiger partial charge on any atom is 0.387 e. The number of hydrogen-bond donors (Lipinski definition) is 1. The molecule has 5 nitrogen and oxygen atoms in total. The average molecular weight is 333 g/mol. The Hall–Kier alpha value is -1.89. The summed E-state index contributed by atoms with van der Waals surface area (Å²) in [5, 5.41) is 2.60. The van der Waals surface area contributed by atoms with Crippen molar-refractivity contribution in [1.82, 2.24) is 4.90 Å². The van der Waals surface area contributed by atoms with Crippen LogP contribution in [0.15, 0.2) is 18.2 Å². The largest absolute Gasteiger partial charge is 0.433 e. The summed E-state index contributed by atoms with van der Waals surface area (Å²) >= 11 is 5.82. The molecule has 1 aliphatic rings. The third-order valence-corrected chi connectivity index (χ3v) is 3.67. The van der Waals surface area contributed by atoms with Gasteiger partial charge in [-0.1, -0.05) is 11.6 Å². The first-order valence-electron chi connectivity index (χ1n) is 6.71. The Morgan fingerprint density at radius 2 is 2.18 bits per heavy atom. The average Bonchev–Trinajstić information content (AvgIpc) is 2.91. The fraction of sp³-hybridized carbons (Fsp3) is 0.429. The Kier molecular flexibility index (Phi) is 5.18. The molecule has 1 fully saturated rings. The molecule has 22 heavy (non-hydrogen) atoms. The summed E-state index contributed by atoms with van der Waals surface area (Å²) in [6, 6.07) is 3.47. The maximum absolute atomic E-state index is 12.2. The van der Waals surface area contributed by atoms with Gasteiger partial charge < -0.3 is 15.0 Å². The van der Waals surface area contributed by atoms with E-state index in [1.165, 1.54) is 30.0 Å². The van der Waals surface area contributed by atoms with Gasteiger partial charge in [0.15, 0.2) is 0 Å². The summed E-state index contributed by atoms with van der Waals surface area (Å²) in [5.74, 6) is -0.649. The number of anilines is 1. The molecule has 1 N–H and O–H groups in total. The van der Waals surface area contributed by atoms with Crippen LogP contribution in [0.1, 0.15) is 19.8 Å². The molecular formula is C14H15ClF2N2O3. The highest BCUT2D eigenvalue weighted by atomic mass is 35.5. The van der Waals surface area contributed by atoms with Crippen molar-refractivity contribution in [3.63, 3.8) is 0 Å². The standard InChI is InChI=1S/C14H15ClF2N2O3/c1-8(20)19-6-2-3-11(19)13(21)18-9-4-5-12(10(15)7-9)22-14(16)17/h4-5,7,11,14H,2-3,6H2,1H3,(H,18,21)/t11-/m0/s1. The first-order valence-corrected chi connectivity index (χ1v) is 7.08. The van der Waals surface area contributed by atoms with E-state index in [0.717, 1.165) is 6.42 Å². The lowest BCUT2D eigenvalue weighted by Crippen LogP contribution is -2.42. The third kappa shape index (κ3) is 3.85. The van der Waals surface area contributed by atoms with Crippen molar-refractivity contribution in [2.75, 3.05) is 11.9 Å². The maximum atomic E-state index is 12.2.